The Bertz CT molecular complexity index is 1220. The fourth-order valence-electron chi connectivity index (χ4n) is 3.22. The zero-order valence-electron chi connectivity index (χ0n) is 16.5. The number of hydrogen-bond donors (Lipinski definition) is 1. The van der Waals surface area contributed by atoms with Crippen LogP contribution in [0.25, 0.3) is 33.3 Å². The highest BCUT2D eigenvalue weighted by Gasteiger charge is 2.17. The molecule has 2 aromatic heterocycles. The van der Waals surface area contributed by atoms with Crippen LogP contribution >= 0.6 is 0 Å². The summed E-state index contributed by atoms with van der Waals surface area (Å²) < 4.78 is 24.3. The molecule has 0 unspecified atom stereocenters. The Morgan fingerprint density at radius 1 is 1.17 bits per heavy atom. The third kappa shape index (κ3) is 3.66. The van der Waals surface area contributed by atoms with E-state index in [1.165, 1.54) is 19.2 Å². The van der Waals surface area contributed by atoms with Crippen molar-refractivity contribution < 1.29 is 18.3 Å². The monoisotopic (exact) mass is 392 g/mol. The van der Waals surface area contributed by atoms with Gasteiger partial charge in [-0.25, -0.2) is 14.2 Å². The molecule has 0 fully saturated rings. The molecule has 4 rings (SSSR count). The van der Waals surface area contributed by atoms with Gasteiger partial charge in [0.1, 0.15) is 17.1 Å². The minimum Gasteiger partial charge on any atom is -0.465 e. The molecule has 2 heterocycles. The molecule has 0 aliphatic carbocycles. The van der Waals surface area contributed by atoms with Crippen LogP contribution in [0.15, 0.2) is 52.9 Å². The quantitative estimate of drug-likeness (QED) is 0.436. The van der Waals surface area contributed by atoms with Crippen LogP contribution < -0.4 is 5.32 Å². The highest BCUT2D eigenvalue weighted by Crippen LogP contribution is 2.34. The number of pyridine rings is 1. The second-order valence-corrected chi connectivity index (χ2v) is 7.03. The number of nitrogens with one attached hydrogen (secondary N) is 1. The molecule has 0 spiro atoms. The standard InChI is InChI=1S/C23H21FN2O3/c1-4-13(2)25-19-11-15-9-14(23(27)28-3)5-7-18(15)26-22(19)21-12-16-10-17(24)6-8-20(16)29-21/h5-13,25H,4H2,1-3H3/t13-/m1/s1. The second kappa shape index (κ2) is 7.54. The van der Waals surface area contributed by atoms with Gasteiger partial charge in [-0.1, -0.05) is 6.92 Å². The summed E-state index contributed by atoms with van der Waals surface area (Å²) >= 11 is 0. The van der Waals surface area contributed by atoms with Gasteiger partial charge in [0.15, 0.2) is 5.76 Å². The van der Waals surface area contributed by atoms with Crippen LogP contribution in [0.2, 0.25) is 0 Å². The summed E-state index contributed by atoms with van der Waals surface area (Å²) in [5.74, 6) is -0.160. The van der Waals surface area contributed by atoms with E-state index in [4.69, 9.17) is 14.1 Å². The number of carbonyl (C=O) groups excluding carboxylic acids is 1. The van der Waals surface area contributed by atoms with Gasteiger partial charge >= 0.3 is 5.97 Å². The van der Waals surface area contributed by atoms with E-state index in [1.54, 1.807) is 30.3 Å². The van der Waals surface area contributed by atoms with Crippen LogP contribution in [-0.2, 0) is 4.74 Å². The average Bonchev–Trinajstić information content (AvgIpc) is 3.15. The van der Waals surface area contributed by atoms with Gasteiger partial charge in [-0.05, 0) is 61.9 Å². The molecule has 0 aliphatic rings. The molecule has 0 radical (unpaired) electrons. The van der Waals surface area contributed by atoms with Gasteiger partial charge in [0.25, 0.3) is 0 Å². The Labute approximate surface area is 167 Å². The number of nitrogens with zero attached hydrogens (tertiary/aromatic N) is 1. The Morgan fingerprint density at radius 3 is 2.76 bits per heavy atom. The van der Waals surface area contributed by atoms with Gasteiger partial charge in [0.2, 0.25) is 0 Å². The van der Waals surface area contributed by atoms with Crippen LogP contribution in [0, 0.1) is 5.82 Å². The molecular weight excluding hydrogens is 371 g/mol. The number of aromatic nitrogens is 1. The maximum atomic E-state index is 13.6. The summed E-state index contributed by atoms with van der Waals surface area (Å²) in [6.07, 6.45) is 0.922. The summed E-state index contributed by atoms with van der Waals surface area (Å²) in [6, 6.07) is 13.6. The van der Waals surface area contributed by atoms with Gasteiger partial charge in [0.05, 0.1) is 23.9 Å². The van der Waals surface area contributed by atoms with E-state index in [9.17, 15) is 9.18 Å². The number of methoxy groups -OCH3 is 1. The highest BCUT2D eigenvalue weighted by atomic mass is 19.1. The molecule has 0 aliphatic heterocycles. The number of hydrogen-bond acceptors (Lipinski definition) is 5. The molecule has 0 saturated carbocycles. The smallest absolute Gasteiger partial charge is 0.337 e. The van der Waals surface area contributed by atoms with Crippen molar-refractivity contribution in [3.63, 3.8) is 0 Å². The molecule has 0 amide bonds. The SMILES string of the molecule is CC[C@@H](C)Nc1cc2cc(C(=O)OC)ccc2nc1-c1cc2cc(F)ccc2o1. The lowest BCUT2D eigenvalue weighted by molar-refractivity contribution is 0.0601. The summed E-state index contributed by atoms with van der Waals surface area (Å²) in [4.78, 5) is 16.7. The van der Waals surface area contributed by atoms with Gasteiger partial charge in [-0.3, -0.25) is 0 Å². The number of furan rings is 1. The summed E-state index contributed by atoms with van der Waals surface area (Å²) in [5.41, 5.74) is 3.20. The number of anilines is 1. The van der Waals surface area contributed by atoms with Crippen molar-refractivity contribution in [1.82, 2.24) is 4.98 Å². The number of rotatable bonds is 5. The van der Waals surface area contributed by atoms with Gasteiger partial charge < -0.3 is 14.5 Å². The lowest BCUT2D eigenvalue weighted by Crippen LogP contribution is -2.14. The normalized spacial score (nSPS) is 12.3. The maximum absolute atomic E-state index is 13.6. The van der Waals surface area contributed by atoms with Crippen molar-refractivity contribution in [1.29, 1.82) is 0 Å². The van der Waals surface area contributed by atoms with Gasteiger partial charge in [-0.2, -0.15) is 0 Å². The zero-order chi connectivity index (χ0) is 20.5. The first-order valence-corrected chi connectivity index (χ1v) is 9.47. The van der Waals surface area contributed by atoms with Crippen molar-refractivity contribution in [2.75, 3.05) is 12.4 Å². The van der Waals surface area contributed by atoms with E-state index in [2.05, 4.69) is 19.2 Å². The van der Waals surface area contributed by atoms with Crippen molar-refractivity contribution >= 4 is 33.5 Å². The van der Waals surface area contributed by atoms with E-state index in [-0.39, 0.29) is 11.9 Å². The third-order valence-corrected chi connectivity index (χ3v) is 4.96. The van der Waals surface area contributed by atoms with Crippen molar-refractivity contribution in [3.8, 4) is 11.5 Å². The molecule has 0 bridgehead atoms. The Kier molecular flexibility index (Phi) is 4.92. The van der Waals surface area contributed by atoms with Crippen molar-refractivity contribution in [3.05, 3.63) is 59.9 Å². The van der Waals surface area contributed by atoms with Crippen LogP contribution in [0.4, 0.5) is 10.1 Å². The predicted molar refractivity (Wildman–Crippen MR) is 112 cm³/mol. The number of esters is 1. The van der Waals surface area contributed by atoms with E-state index in [1.807, 2.05) is 6.07 Å². The fraction of sp³-hybridized carbons (Fsp3) is 0.217. The Balaban J connectivity index is 1.89. The van der Waals surface area contributed by atoms with E-state index in [0.29, 0.717) is 33.5 Å². The van der Waals surface area contributed by atoms with Crippen molar-refractivity contribution in [2.24, 2.45) is 0 Å². The van der Waals surface area contributed by atoms with Crippen molar-refractivity contribution in [2.45, 2.75) is 26.3 Å². The first-order valence-electron chi connectivity index (χ1n) is 9.47. The largest absolute Gasteiger partial charge is 0.465 e. The molecular formula is C23H21FN2O3. The number of benzene rings is 2. The summed E-state index contributed by atoms with van der Waals surface area (Å²) in [6.45, 7) is 4.16. The highest BCUT2D eigenvalue weighted by molar-refractivity contribution is 5.97. The number of ether oxygens (including phenoxy) is 1. The molecule has 0 saturated heterocycles. The van der Waals surface area contributed by atoms with Crippen LogP contribution in [0.3, 0.4) is 0 Å². The average molecular weight is 392 g/mol. The van der Waals surface area contributed by atoms with Crippen LogP contribution in [-0.4, -0.2) is 24.1 Å². The van der Waals surface area contributed by atoms with E-state index in [0.717, 1.165) is 17.5 Å². The molecule has 148 valence electrons. The van der Waals surface area contributed by atoms with Gasteiger partial charge in [0, 0.05) is 16.8 Å². The molecule has 29 heavy (non-hydrogen) atoms. The summed E-state index contributed by atoms with van der Waals surface area (Å²) in [7, 11) is 1.36. The molecule has 5 nitrogen and oxygen atoms in total. The van der Waals surface area contributed by atoms with E-state index >= 15 is 0 Å². The molecule has 1 N–H and O–H groups in total. The van der Waals surface area contributed by atoms with Crippen LogP contribution in [0.5, 0.6) is 0 Å². The number of fused-ring (bicyclic) bond motifs is 2. The van der Waals surface area contributed by atoms with Gasteiger partial charge in [-0.15, -0.1) is 0 Å². The fourth-order valence-corrected chi connectivity index (χ4v) is 3.22. The molecule has 2 aromatic carbocycles. The maximum Gasteiger partial charge on any atom is 0.337 e. The second-order valence-electron chi connectivity index (χ2n) is 7.03. The number of halogens is 1. The van der Waals surface area contributed by atoms with Crippen LogP contribution in [0.1, 0.15) is 30.6 Å². The minimum atomic E-state index is -0.397. The first kappa shape index (κ1) is 18.9. The lowest BCUT2D eigenvalue weighted by Gasteiger charge is -2.16. The lowest BCUT2D eigenvalue weighted by atomic mass is 10.1. The Morgan fingerprint density at radius 2 is 2.00 bits per heavy atom. The molecule has 1 atom stereocenters. The molecule has 6 heteroatoms. The van der Waals surface area contributed by atoms with E-state index < -0.39 is 5.97 Å². The minimum absolute atomic E-state index is 0.207. The third-order valence-electron chi connectivity index (χ3n) is 4.96. The summed E-state index contributed by atoms with van der Waals surface area (Å²) in [5, 5.41) is 4.94. The number of carbonyl (C=O) groups is 1. The molecule has 4 aromatic rings. The Hall–Kier alpha value is -3.41. The predicted octanol–water partition coefficient (Wildman–Crippen LogP) is 5.78. The topological polar surface area (TPSA) is 64.4 Å². The zero-order valence-corrected chi connectivity index (χ0v) is 16.5. The first-order chi connectivity index (χ1) is 14.0.